The van der Waals surface area contributed by atoms with E-state index in [9.17, 15) is 13.7 Å². The molecule has 0 atom stereocenters. The summed E-state index contributed by atoms with van der Waals surface area (Å²) in [4.78, 5) is -0.422. The zero-order valence-electron chi connectivity index (χ0n) is 12.2. The van der Waals surface area contributed by atoms with Crippen molar-refractivity contribution in [2.75, 3.05) is 12.1 Å². The van der Waals surface area contributed by atoms with E-state index in [2.05, 4.69) is 5.32 Å². The molecule has 2 aromatic rings. The van der Waals surface area contributed by atoms with Crippen molar-refractivity contribution in [3.63, 3.8) is 0 Å². The van der Waals surface area contributed by atoms with Gasteiger partial charge in [0.2, 0.25) is 16.6 Å². The van der Waals surface area contributed by atoms with Crippen molar-refractivity contribution < 1.29 is 17.9 Å². The summed E-state index contributed by atoms with van der Waals surface area (Å²) in [6, 6.07) is 12.3. The molecule has 2 aromatic carbocycles. The molecule has 0 aliphatic carbocycles. The molecule has 0 fully saturated rings. The largest absolute Gasteiger partial charge is 0.454 e. The van der Waals surface area contributed by atoms with Gasteiger partial charge in [-0.3, -0.25) is 0 Å². The Labute approximate surface area is 143 Å². The lowest BCUT2D eigenvalue weighted by Crippen LogP contribution is -2.05. The van der Waals surface area contributed by atoms with Gasteiger partial charge in [-0.2, -0.15) is 5.26 Å². The molecule has 1 heterocycles. The maximum Gasteiger partial charge on any atom is 0.231 e. The van der Waals surface area contributed by atoms with Gasteiger partial charge in [0.05, 0.1) is 4.90 Å². The van der Waals surface area contributed by atoms with Crippen LogP contribution in [0.4, 0.5) is 5.69 Å². The lowest BCUT2D eigenvalue weighted by molar-refractivity contribution is 0.174. The Balaban J connectivity index is 1.87. The standard InChI is InChI=1S/C16H11ClN2O4S/c17-11-1-4-13(5-2-11)24(20,21)14(8-18)9-19-12-3-6-15-16(7-12)23-10-22-15/h1-7,9,19H,10H2. The number of sulfone groups is 1. The van der Waals surface area contributed by atoms with Crippen LogP contribution in [0.5, 0.6) is 11.5 Å². The molecule has 0 amide bonds. The smallest absolute Gasteiger partial charge is 0.231 e. The number of nitrogens with zero attached hydrogens (tertiary/aromatic N) is 1. The van der Waals surface area contributed by atoms with Gasteiger partial charge in [0, 0.05) is 23.0 Å². The van der Waals surface area contributed by atoms with Crippen LogP contribution in [0.1, 0.15) is 0 Å². The van der Waals surface area contributed by atoms with E-state index in [1.54, 1.807) is 24.3 Å². The van der Waals surface area contributed by atoms with Crippen molar-refractivity contribution in [3.8, 4) is 17.6 Å². The molecular formula is C16H11ClN2O4S. The minimum Gasteiger partial charge on any atom is -0.454 e. The molecule has 0 unspecified atom stereocenters. The molecule has 8 heteroatoms. The Hall–Kier alpha value is -2.69. The monoisotopic (exact) mass is 362 g/mol. The van der Waals surface area contributed by atoms with Gasteiger partial charge in [0.15, 0.2) is 16.4 Å². The van der Waals surface area contributed by atoms with Crippen LogP contribution >= 0.6 is 11.6 Å². The molecule has 1 N–H and O–H groups in total. The Morgan fingerprint density at radius 2 is 1.88 bits per heavy atom. The lowest BCUT2D eigenvalue weighted by atomic mass is 10.3. The van der Waals surface area contributed by atoms with Crippen molar-refractivity contribution >= 4 is 27.1 Å². The highest BCUT2D eigenvalue weighted by atomic mass is 35.5. The normalized spacial score (nSPS) is 13.4. The first-order chi connectivity index (χ1) is 11.5. The molecule has 0 spiro atoms. The van der Waals surface area contributed by atoms with Crippen LogP contribution in [-0.2, 0) is 9.84 Å². The summed E-state index contributed by atoms with van der Waals surface area (Å²) in [5, 5.41) is 12.4. The summed E-state index contributed by atoms with van der Waals surface area (Å²) < 4.78 is 35.4. The quantitative estimate of drug-likeness (QED) is 0.839. The highest BCUT2D eigenvalue weighted by Gasteiger charge is 2.21. The average molecular weight is 363 g/mol. The molecule has 0 radical (unpaired) electrons. The van der Waals surface area contributed by atoms with Crippen LogP contribution in [0.3, 0.4) is 0 Å². The topological polar surface area (TPSA) is 88.4 Å². The fourth-order valence-electron chi connectivity index (χ4n) is 2.05. The molecule has 0 saturated carbocycles. The molecule has 3 rings (SSSR count). The van der Waals surface area contributed by atoms with Crippen molar-refractivity contribution in [3.05, 3.63) is 58.6 Å². The summed E-state index contributed by atoms with van der Waals surface area (Å²) in [6.45, 7) is 0.142. The molecule has 1 aliphatic rings. The van der Waals surface area contributed by atoms with Crippen molar-refractivity contribution in [1.82, 2.24) is 0 Å². The predicted octanol–water partition coefficient (Wildman–Crippen LogP) is 3.32. The van der Waals surface area contributed by atoms with Crippen molar-refractivity contribution in [1.29, 1.82) is 5.26 Å². The van der Waals surface area contributed by atoms with Gasteiger partial charge in [-0.1, -0.05) is 11.6 Å². The Bertz CT molecular complexity index is 947. The highest BCUT2D eigenvalue weighted by molar-refractivity contribution is 7.95. The number of rotatable bonds is 4. The molecule has 6 nitrogen and oxygen atoms in total. The third-order valence-corrected chi connectivity index (χ3v) is 5.20. The average Bonchev–Trinajstić information content (AvgIpc) is 3.03. The number of ether oxygens (including phenoxy) is 2. The second-order valence-electron chi connectivity index (χ2n) is 4.79. The second kappa shape index (κ2) is 6.43. The first-order valence-electron chi connectivity index (χ1n) is 6.78. The van der Waals surface area contributed by atoms with Crippen LogP contribution in [0, 0.1) is 11.3 Å². The van der Waals surface area contributed by atoms with Crippen LogP contribution < -0.4 is 14.8 Å². The molecule has 0 aromatic heterocycles. The highest BCUT2D eigenvalue weighted by Crippen LogP contribution is 2.34. The zero-order chi connectivity index (χ0) is 17.2. The summed E-state index contributed by atoms with van der Waals surface area (Å²) in [5.74, 6) is 1.16. The number of benzene rings is 2. The van der Waals surface area contributed by atoms with Crippen LogP contribution in [0.15, 0.2) is 58.5 Å². The van der Waals surface area contributed by atoms with Gasteiger partial charge in [0.25, 0.3) is 0 Å². The van der Waals surface area contributed by atoms with Crippen LogP contribution in [0.2, 0.25) is 5.02 Å². The minimum atomic E-state index is -3.93. The molecule has 122 valence electrons. The van der Waals surface area contributed by atoms with E-state index in [1.165, 1.54) is 24.3 Å². The van der Waals surface area contributed by atoms with E-state index in [1.807, 2.05) is 0 Å². The first kappa shape index (κ1) is 16.2. The molecule has 24 heavy (non-hydrogen) atoms. The van der Waals surface area contributed by atoms with Gasteiger partial charge in [0.1, 0.15) is 6.07 Å². The number of hydrogen-bond donors (Lipinski definition) is 1. The maximum atomic E-state index is 12.5. The Kier molecular flexibility index (Phi) is 4.34. The van der Waals surface area contributed by atoms with Crippen LogP contribution in [-0.4, -0.2) is 15.2 Å². The molecule has 0 saturated heterocycles. The number of hydrogen-bond acceptors (Lipinski definition) is 6. The molecular weight excluding hydrogens is 352 g/mol. The Morgan fingerprint density at radius 1 is 1.17 bits per heavy atom. The van der Waals surface area contributed by atoms with Gasteiger partial charge >= 0.3 is 0 Å². The lowest BCUT2D eigenvalue weighted by Gasteiger charge is -2.05. The van der Waals surface area contributed by atoms with Gasteiger partial charge in [-0.15, -0.1) is 0 Å². The van der Waals surface area contributed by atoms with Gasteiger partial charge < -0.3 is 14.8 Å². The van der Waals surface area contributed by atoms with Crippen molar-refractivity contribution in [2.24, 2.45) is 0 Å². The summed E-state index contributed by atoms with van der Waals surface area (Å²) >= 11 is 5.75. The van der Waals surface area contributed by atoms with Gasteiger partial charge in [-0.25, -0.2) is 8.42 Å². The van der Waals surface area contributed by atoms with E-state index in [0.717, 1.165) is 6.20 Å². The number of fused-ring (bicyclic) bond motifs is 1. The van der Waals surface area contributed by atoms with Gasteiger partial charge in [-0.05, 0) is 36.4 Å². The minimum absolute atomic E-state index is 0.00723. The SMILES string of the molecule is N#CC(=CNc1ccc2c(c1)OCO2)S(=O)(=O)c1ccc(Cl)cc1. The first-order valence-corrected chi connectivity index (χ1v) is 8.64. The third kappa shape index (κ3) is 3.15. The van der Waals surface area contributed by atoms with E-state index < -0.39 is 14.7 Å². The fourth-order valence-corrected chi connectivity index (χ4v) is 3.25. The van der Waals surface area contributed by atoms with Crippen molar-refractivity contribution in [2.45, 2.75) is 4.90 Å². The number of nitrogens with one attached hydrogen (secondary N) is 1. The van der Waals surface area contributed by atoms with E-state index in [0.29, 0.717) is 22.2 Å². The number of nitriles is 1. The molecule has 1 aliphatic heterocycles. The molecule has 0 bridgehead atoms. The fraction of sp³-hybridized carbons (Fsp3) is 0.0625. The van der Waals surface area contributed by atoms with E-state index in [-0.39, 0.29) is 11.7 Å². The summed E-state index contributed by atoms with van der Waals surface area (Å²) in [5.41, 5.74) is 0.568. The second-order valence-corrected chi connectivity index (χ2v) is 7.14. The number of anilines is 1. The predicted molar refractivity (Wildman–Crippen MR) is 88.5 cm³/mol. The maximum absolute atomic E-state index is 12.5. The number of allylic oxidation sites excluding steroid dienone is 1. The van der Waals surface area contributed by atoms with E-state index >= 15 is 0 Å². The number of halogens is 1. The van der Waals surface area contributed by atoms with Crippen LogP contribution in [0.25, 0.3) is 0 Å². The van der Waals surface area contributed by atoms with E-state index in [4.69, 9.17) is 21.1 Å². The summed E-state index contributed by atoms with van der Waals surface area (Å²) in [7, 11) is -3.93. The third-order valence-electron chi connectivity index (χ3n) is 3.27. The summed E-state index contributed by atoms with van der Waals surface area (Å²) in [6.07, 6.45) is 1.14. The zero-order valence-corrected chi connectivity index (χ0v) is 13.8. The Morgan fingerprint density at radius 3 is 2.58 bits per heavy atom.